The van der Waals surface area contributed by atoms with Crippen LogP contribution in [-0.2, 0) is 16.6 Å². The van der Waals surface area contributed by atoms with Crippen molar-refractivity contribution in [1.29, 1.82) is 0 Å². The second-order valence-electron chi connectivity index (χ2n) is 5.24. The van der Waals surface area contributed by atoms with Gasteiger partial charge in [0.1, 0.15) is 0 Å². The van der Waals surface area contributed by atoms with Crippen LogP contribution in [0.3, 0.4) is 0 Å². The van der Waals surface area contributed by atoms with Crippen molar-refractivity contribution in [3.05, 3.63) is 35.4 Å². The van der Waals surface area contributed by atoms with Crippen molar-refractivity contribution in [3.8, 4) is 0 Å². The molecule has 18 heavy (non-hydrogen) atoms. The summed E-state index contributed by atoms with van der Waals surface area (Å²) in [6.07, 6.45) is 2.61. The van der Waals surface area contributed by atoms with Gasteiger partial charge in [0.05, 0.1) is 0 Å². The summed E-state index contributed by atoms with van der Waals surface area (Å²) in [4.78, 5) is 0. The molecule has 2 nitrogen and oxygen atoms in total. The summed E-state index contributed by atoms with van der Waals surface area (Å²) in [5, 5.41) is 3.48. The third-order valence-corrected chi connectivity index (χ3v) is 4.82. The maximum Gasteiger partial charge on any atom is 0.0486 e. The maximum absolute atomic E-state index is 12.2. The highest BCUT2D eigenvalue weighted by Crippen LogP contribution is 2.33. The van der Waals surface area contributed by atoms with E-state index in [2.05, 4.69) is 37.4 Å². The zero-order valence-electron chi connectivity index (χ0n) is 11.3. The van der Waals surface area contributed by atoms with E-state index in [0.29, 0.717) is 11.8 Å². The largest absolute Gasteiger partial charge is 0.313 e. The van der Waals surface area contributed by atoms with Gasteiger partial charge in [-0.05, 0) is 37.8 Å². The molecule has 0 saturated heterocycles. The van der Waals surface area contributed by atoms with Crippen LogP contribution in [0.25, 0.3) is 0 Å². The molecule has 1 aromatic carbocycles. The van der Waals surface area contributed by atoms with E-state index in [1.165, 1.54) is 24.0 Å². The van der Waals surface area contributed by atoms with Crippen LogP contribution in [0.4, 0.5) is 0 Å². The van der Waals surface area contributed by atoms with Crippen molar-refractivity contribution >= 4 is 10.8 Å². The molecule has 0 amide bonds. The van der Waals surface area contributed by atoms with E-state index in [4.69, 9.17) is 0 Å². The van der Waals surface area contributed by atoms with Gasteiger partial charge in [-0.1, -0.05) is 36.8 Å². The van der Waals surface area contributed by atoms with Gasteiger partial charge < -0.3 is 5.32 Å². The molecule has 1 saturated carbocycles. The number of hydrogen-bond donors (Lipinski definition) is 1. The maximum atomic E-state index is 12.2. The van der Waals surface area contributed by atoms with Crippen molar-refractivity contribution in [3.63, 3.8) is 0 Å². The van der Waals surface area contributed by atoms with Crippen LogP contribution in [0.2, 0.25) is 0 Å². The number of hydrogen-bond acceptors (Lipinski definition) is 2. The van der Waals surface area contributed by atoms with Gasteiger partial charge in [-0.2, -0.15) is 0 Å². The van der Waals surface area contributed by atoms with E-state index < -0.39 is 10.8 Å². The summed E-state index contributed by atoms with van der Waals surface area (Å²) >= 11 is 0. The molecule has 3 heteroatoms. The normalized spacial score (nSPS) is 18.6. The molecule has 2 unspecified atom stereocenters. The third-order valence-electron chi connectivity index (χ3n) is 3.43. The van der Waals surface area contributed by atoms with E-state index in [1.807, 2.05) is 6.07 Å². The van der Waals surface area contributed by atoms with Crippen LogP contribution in [-0.4, -0.2) is 22.5 Å². The zero-order valence-corrected chi connectivity index (χ0v) is 12.1. The first kappa shape index (κ1) is 13.8. The predicted octanol–water partition coefficient (Wildman–Crippen LogP) is 2.63. The minimum atomic E-state index is -0.754. The van der Waals surface area contributed by atoms with Crippen LogP contribution in [0.1, 0.15) is 30.9 Å². The standard InChI is InChI=1S/C15H23NOS/c1-3-16-15(14-7-8-14)11-18(17)10-13-6-4-5-12(2)9-13/h4-6,9,14-16H,3,7-8,10-11H2,1-2H3. The second-order valence-corrected chi connectivity index (χ2v) is 6.74. The molecule has 1 N–H and O–H groups in total. The van der Waals surface area contributed by atoms with Gasteiger partial charge in [-0.15, -0.1) is 0 Å². The van der Waals surface area contributed by atoms with Gasteiger partial charge in [0.25, 0.3) is 0 Å². The van der Waals surface area contributed by atoms with Crippen LogP contribution < -0.4 is 5.32 Å². The van der Waals surface area contributed by atoms with Gasteiger partial charge in [-0.25, -0.2) is 0 Å². The number of rotatable bonds is 7. The average Bonchev–Trinajstić information content (AvgIpc) is 3.12. The highest BCUT2D eigenvalue weighted by Gasteiger charge is 2.31. The fourth-order valence-corrected chi connectivity index (χ4v) is 3.83. The van der Waals surface area contributed by atoms with Crippen LogP contribution in [0, 0.1) is 12.8 Å². The summed E-state index contributed by atoms with van der Waals surface area (Å²) in [5.74, 6) is 2.26. The molecule has 100 valence electrons. The average molecular weight is 265 g/mol. The SMILES string of the molecule is CCNC(CS(=O)Cc1cccc(C)c1)C1CC1. The Labute approximate surface area is 113 Å². The minimum Gasteiger partial charge on any atom is -0.313 e. The van der Waals surface area contributed by atoms with Crippen molar-refractivity contribution in [2.75, 3.05) is 12.3 Å². The first-order valence-electron chi connectivity index (χ1n) is 6.83. The molecular weight excluding hydrogens is 242 g/mol. The fourth-order valence-electron chi connectivity index (χ4n) is 2.37. The van der Waals surface area contributed by atoms with Gasteiger partial charge in [0.15, 0.2) is 0 Å². The number of nitrogens with one attached hydrogen (secondary N) is 1. The first-order valence-corrected chi connectivity index (χ1v) is 8.31. The Morgan fingerprint density at radius 3 is 2.83 bits per heavy atom. The number of benzene rings is 1. The molecule has 0 aliphatic heterocycles. The second kappa shape index (κ2) is 6.48. The lowest BCUT2D eigenvalue weighted by molar-refractivity contribution is 0.514. The van der Waals surface area contributed by atoms with E-state index in [1.54, 1.807) is 0 Å². The summed E-state index contributed by atoms with van der Waals surface area (Å²) in [6, 6.07) is 8.80. The van der Waals surface area contributed by atoms with Gasteiger partial charge in [-0.3, -0.25) is 4.21 Å². The molecule has 2 rings (SSSR count). The summed E-state index contributed by atoms with van der Waals surface area (Å²) in [7, 11) is -0.754. The Hall–Kier alpha value is -0.670. The Balaban J connectivity index is 1.87. The molecule has 1 aromatic rings. The molecule has 2 atom stereocenters. The summed E-state index contributed by atoms with van der Waals surface area (Å²) in [6.45, 7) is 5.18. The molecule has 0 heterocycles. The predicted molar refractivity (Wildman–Crippen MR) is 78.1 cm³/mol. The van der Waals surface area contributed by atoms with Crippen LogP contribution in [0.15, 0.2) is 24.3 Å². The monoisotopic (exact) mass is 265 g/mol. The van der Waals surface area contributed by atoms with Crippen molar-refractivity contribution in [2.45, 2.75) is 38.5 Å². The van der Waals surface area contributed by atoms with E-state index in [-0.39, 0.29) is 0 Å². The topological polar surface area (TPSA) is 29.1 Å². The van der Waals surface area contributed by atoms with Gasteiger partial charge in [0.2, 0.25) is 0 Å². The molecule has 1 aliphatic carbocycles. The van der Waals surface area contributed by atoms with Crippen LogP contribution in [0.5, 0.6) is 0 Å². The fraction of sp³-hybridized carbons (Fsp3) is 0.600. The lowest BCUT2D eigenvalue weighted by atomic mass is 10.2. The van der Waals surface area contributed by atoms with E-state index in [0.717, 1.165) is 18.2 Å². The molecule has 0 aromatic heterocycles. The smallest absolute Gasteiger partial charge is 0.0486 e. The zero-order chi connectivity index (χ0) is 13.0. The van der Waals surface area contributed by atoms with E-state index in [9.17, 15) is 4.21 Å². The van der Waals surface area contributed by atoms with Crippen LogP contribution >= 0.6 is 0 Å². The van der Waals surface area contributed by atoms with Gasteiger partial charge >= 0.3 is 0 Å². The van der Waals surface area contributed by atoms with Crippen molar-refractivity contribution < 1.29 is 4.21 Å². The van der Waals surface area contributed by atoms with E-state index >= 15 is 0 Å². The highest BCUT2D eigenvalue weighted by atomic mass is 32.2. The Morgan fingerprint density at radius 1 is 1.44 bits per heavy atom. The Bertz CT molecular complexity index is 415. The molecule has 0 radical (unpaired) electrons. The molecule has 0 spiro atoms. The lowest BCUT2D eigenvalue weighted by Crippen LogP contribution is -2.36. The van der Waals surface area contributed by atoms with Crippen molar-refractivity contribution in [2.24, 2.45) is 5.92 Å². The Morgan fingerprint density at radius 2 is 2.22 bits per heavy atom. The molecule has 1 fully saturated rings. The van der Waals surface area contributed by atoms with Gasteiger partial charge in [0, 0.05) is 28.3 Å². The highest BCUT2D eigenvalue weighted by molar-refractivity contribution is 7.84. The number of aryl methyl sites for hydroxylation is 1. The molecule has 0 bridgehead atoms. The van der Waals surface area contributed by atoms with Crippen molar-refractivity contribution in [1.82, 2.24) is 5.32 Å². The lowest BCUT2D eigenvalue weighted by Gasteiger charge is -2.16. The molecule has 1 aliphatic rings. The minimum absolute atomic E-state index is 0.459. The quantitative estimate of drug-likeness (QED) is 0.821. The third kappa shape index (κ3) is 4.21. The summed E-state index contributed by atoms with van der Waals surface area (Å²) < 4.78 is 12.2. The molecular formula is C15H23NOS. The first-order chi connectivity index (χ1) is 8.69. The Kier molecular flexibility index (Phi) is 4.95. The summed E-state index contributed by atoms with van der Waals surface area (Å²) in [5.41, 5.74) is 2.44.